The molecule has 2 aromatic carbocycles. The molecule has 0 aliphatic carbocycles. The lowest BCUT2D eigenvalue weighted by Gasteiger charge is -2.39. The van der Waals surface area contributed by atoms with Crippen molar-refractivity contribution >= 4 is 23.4 Å². The first kappa shape index (κ1) is 25.2. The lowest BCUT2D eigenvalue weighted by molar-refractivity contribution is 0.149. The predicted octanol–water partition coefficient (Wildman–Crippen LogP) is 6.34. The third-order valence-electron chi connectivity index (χ3n) is 5.56. The molecule has 174 valence electrons. The summed E-state index contributed by atoms with van der Waals surface area (Å²) >= 11 is 0. The maximum atomic E-state index is 12.0. The van der Waals surface area contributed by atoms with Gasteiger partial charge in [-0.2, -0.15) is 0 Å². The summed E-state index contributed by atoms with van der Waals surface area (Å²) in [6.07, 6.45) is 0.909. The summed E-state index contributed by atoms with van der Waals surface area (Å²) < 4.78 is 0. The van der Waals surface area contributed by atoms with Gasteiger partial charge in [-0.05, 0) is 71.2 Å². The first-order valence-electron chi connectivity index (χ1n) is 10.8. The van der Waals surface area contributed by atoms with Crippen LogP contribution < -0.4 is 10.6 Å². The summed E-state index contributed by atoms with van der Waals surface area (Å²) in [7, 11) is 0. The van der Waals surface area contributed by atoms with Crippen molar-refractivity contribution in [2.75, 3.05) is 17.2 Å². The number of anilines is 2. The van der Waals surface area contributed by atoms with Crippen LogP contribution in [0.3, 0.4) is 0 Å². The minimum absolute atomic E-state index is 0. The predicted molar refractivity (Wildman–Crippen MR) is 133 cm³/mol. The van der Waals surface area contributed by atoms with Crippen molar-refractivity contribution in [3.8, 4) is 0 Å². The van der Waals surface area contributed by atoms with E-state index in [-0.39, 0.29) is 30.6 Å². The Labute approximate surface area is 193 Å². The Hall–Kier alpha value is -3.02. The van der Waals surface area contributed by atoms with Gasteiger partial charge in [0.1, 0.15) is 0 Å². The molecule has 0 saturated heterocycles. The molecule has 2 N–H and O–H groups in total. The number of hydrogen-bond acceptors (Lipinski definition) is 2. The fourth-order valence-electron chi connectivity index (χ4n) is 3.76. The van der Waals surface area contributed by atoms with Crippen LogP contribution in [0.2, 0.25) is 0 Å². The number of benzene rings is 2. The van der Waals surface area contributed by atoms with E-state index in [1.807, 2.05) is 73.0 Å². The number of nitrogens with one attached hydrogen (secondary N) is 2. The van der Waals surface area contributed by atoms with Crippen LogP contribution in [0.5, 0.6) is 0 Å². The van der Waals surface area contributed by atoms with Crippen molar-refractivity contribution in [2.45, 2.75) is 73.0 Å². The Bertz CT molecular complexity index is 957. The van der Waals surface area contributed by atoms with E-state index in [0.717, 1.165) is 24.3 Å². The minimum Gasteiger partial charge on any atom is -0.319 e. The van der Waals surface area contributed by atoms with Gasteiger partial charge in [0.05, 0.1) is 0 Å². The average molecular weight is 439 g/mol. The van der Waals surface area contributed by atoms with Crippen molar-refractivity contribution in [1.82, 2.24) is 9.80 Å². The first-order valence-corrected chi connectivity index (χ1v) is 10.8. The van der Waals surface area contributed by atoms with Crippen molar-refractivity contribution in [3.05, 3.63) is 59.7 Å². The Balaban J connectivity index is 0.000000220. The van der Waals surface area contributed by atoms with Gasteiger partial charge in [-0.15, -0.1) is 0 Å². The van der Waals surface area contributed by atoms with Crippen molar-refractivity contribution in [2.24, 2.45) is 0 Å². The molecule has 2 aliphatic heterocycles. The molecular formula is C26H38N4O2. The van der Waals surface area contributed by atoms with Crippen molar-refractivity contribution in [1.29, 1.82) is 0 Å². The lowest BCUT2D eigenvalue weighted by Crippen LogP contribution is -2.49. The Morgan fingerprint density at radius 3 is 1.66 bits per heavy atom. The summed E-state index contributed by atoms with van der Waals surface area (Å²) in [6, 6.07) is 15.9. The Morgan fingerprint density at radius 1 is 0.688 bits per heavy atom. The standard InChI is InChI=1S/C13H18N2O.C12H16N2O.CH4/c1-13(2,3)15-9-8-10-6-4-5-7-11(10)14-12(15)16;1-12(2,3)14-8-9-6-4-5-7-10(9)13-11(14)15;/h4-7H,8-9H2,1-3H3,(H,14,16);4-7H,8H2,1-3H3,(H,13,15);1H4. The second-order valence-corrected chi connectivity index (χ2v) is 10.0. The normalized spacial score (nSPS) is 15.7. The minimum atomic E-state index is -0.141. The van der Waals surface area contributed by atoms with Crippen molar-refractivity contribution in [3.63, 3.8) is 0 Å². The highest BCUT2D eigenvalue weighted by molar-refractivity contribution is 5.93. The van der Waals surface area contributed by atoms with Gasteiger partial charge < -0.3 is 20.4 Å². The zero-order valence-corrected chi connectivity index (χ0v) is 19.5. The monoisotopic (exact) mass is 438 g/mol. The first-order chi connectivity index (χ1) is 14.5. The number of hydrogen-bond donors (Lipinski definition) is 2. The third kappa shape index (κ3) is 5.81. The number of rotatable bonds is 0. The summed E-state index contributed by atoms with van der Waals surface area (Å²) in [5.41, 5.74) is 3.99. The second-order valence-electron chi connectivity index (χ2n) is 10.0. The van der Waals surface area contributed by atoms with Crippen LogP contribution in [-0.4, -0.2) is 39.5 Å². The average Bonchev–Trinajstić information content (AvgIpc) is 2.85. The van der Waals surface area contributed by atoms with E-state index in [1.54, 1.807) is 0 Å². The fourth-order valence-corrected chi connectivity index (χ4v) is 3.76. The molecule has 0 aromatic heterocycles. The van der Waals surface area contributed by atoms with E-state index in [9.17, 15) is 9.59 Å². The molecule has 0 unspecified atom stereocenters. The SMILES string of the molecule is C.CC(C)(C)N1CCc2ccccc2NC1=O.CC(C)(C)N1Cc2ccccc2NC1=O. The van der Waals surface area contributed by atoms with Crippen LogP contribution in [0.4, 0.5) is 21.0 Å². The van der Waals surface area contributed by atoms with E-state index in [0.29, 0.717) is 6.54 Å². The molecule has 4 amide bonds. The molecule has 0 saturated carbocycles. The fraction of sp³-hybridized carbons (Fsp3) is 0.462. The zero-order valence-electron chi connectivity index (χ0n) is 19.5. The summed E-state index contributed by atoms with van der Waals surface area (Å²) in [4.78, 5) is 27.6. The number of nitrogens with zero attached hydrogens (tertiary/aromatic N) is 2. The zero-order chi connectivity index (χ0) is 22.8. The van der Waals surface area contributed by atoms with Gasteiger partial charge in [0.15, 0.2) is 0 Å². The number of carbonyl (C=O) groups is 2. The second kappa shape index (κ2) is 9.63. The van der Waals surface area contributed by atoms with Crippen LogP contribution in [0, 0.1) is 0 Å². The van der Waals surface area contributed by atoms with Gasteiger partial charge in [0, 0.05) is 35.5 Å². The van der Waals surface area contributed by atoms with E-state index in [4.69, 9.17) is 0 Å². The van der Waals surface area contributed by atoms with Gasteiger partial charge >= 0.3 is 12.1 Å². The number of amides is 4. The molecule has 0 radical (unpaired) electrons. The molecule has 6 nitrogen and oxygen atoms in total. The number of fused-ring (bicyclic) bond motifs is 2. The van der Waals surface area contributed by atoms with E-state index < -0.39 is 0 Å². The summed E-state index contributed by atoms with van der Waals surface area (Å²) in [6.45, 7) is 13.8. The maximum Gasteiger partial charge on any atom is 0.322 e. The number of urea groups is 2. The molecular weight excluding hydrogens is 400 g/mol. The van der Waals surface area contributed by atoms with Crippen LogP contribution in [0.1, 0.15) is 60.1 Å². The highest BCUT2D eigenvalue weighted by Crippen LogP contribution is 2.27. The van der Waals surface area contributed by atoms with E-state index in [1.165, 1.54) is 11.1 Å². The highest BCUT2D eigenvalue weighted by atomic mass is 16.2. The van der Waals surface area contributed by atoms with Gasteiger partial charge in [-0.1, -0.05) is 43.8 Å². The molecule has 2 aromatic rings. The lowest BCUT2D eigenvalue weighted by atomic mass is 10.0. The highest BCUT2D eigenvalue weighted by Gasteiger charge is 2.31. The van der Waals surface area contributed by atoms with Crippen LogP contribution >= 0.6 is 0 Å². The quantitative estimate of drug-likeness (QED) is 0.504. The molecule has 2 heterocycles. The van der Waals surface area contributed by atoms with E-state index >= 15 is 0 Å². The van der Waals surface area contributed by atoms with E-state index in [2.05, 4.69) is 37.5 Å². The number of para-hydroxylation sites is 2. The largest absolute Gasteiger partial charge is 0.322 e. The third-order valence-corrected chi connectivity index (χ3v) is 5.56. The molecule has 0 atom stereocenters. The number of carbonyl (C=O) groups excluding carboxylic acids is 2. The molecule has 0 spiro atoms. The van der Waals surface area contributed by atoms with Gasteiger partial charge in [0.25, 0.3) is 0 Å². The van der Waals surface area contributed by atoms with Gasteiger partial charge in [0.2, 0.25) is 0 Å². The van der Waals surface area contributed by atoms with Gasteiger partial charge in [-0.3, -0.25) is 0 Å². The summed E-state index contributed by atoms with van der Waals surface area (Å²) in [5.74, 6) is 0. The van der Waals surface area contributed by atoms with Crippen LogP contribution in [0.15, 0.2) is 48.5 Å². The van der Waals surface area contributed by atoms with Crippen molar-refractivity contribution < 1.29 is 9.59 Å². The molecule has 2 aliphatic rings. The van der Waals surface area contributed by atoms with Crippen LogP contribution in [-0.2, 0) is 13.0 Å². The molecule has 0 fully saturated rings. The summed E-state index contributed by atoms with van der Waals surface area (Å²) in [5, 5.41) is 5.87. The van der Waals surface area contributed by atoms with Gasteiger partial charge in [-0.25, -0.2) is 9.59 Å². The smallest absolute Gasteiger partial charge is 0.319 e. The van der Waals surface area contributed by atoms with Crippen LogP contribution in [0.25, 0.3) is 0 Å². The molecule has 6 heteroatoms. The maximum absolute atomic E-state index is 12.0. The topological polar surface area (TPSA) is 64.7 Å². The molecule has 4 rings (SSSR count). The molecule has 32 heavy (non-hydrogen) atoms. The Morgan fingerprint density at radius 2 is 1.12 bits per heavy atom. The Kier molecular flexibility index (Phi) is 7.60. The molecule has 0 bridgehead atoms.